The molecule has 0 saturated heterocycles. The zero-order valence-electron chi connectivity index (χ0n) is 13.7. The Morgan fingerprint density at radius 1 is 1.12 bits per heavy atom. The minimum atomic E-state index is -0.332. The molecule has 2 aromatic carbocycles. The van der Waals surface area contributed by atoms with Crippen molar-refractivity contribution in [3.63, 3.8) is 0 Å². The van der Waals surface area contributed by atoms with Gasteiger partial charge in [0.15, 0.2) is 5.11 Å². The van der Waals surface area contributed by atoms with Gasteiger partial charge in [-0.3, -0.25) is 0 Å². The largest absolute Gasteiger partial charge is 0.496 e. The second-order valence-corrected chi connectivity index (χ2v) is 5.33. The lowest BCUT2D eigenvalue weighted by Crippen LogP contribution is -2.28. The van der Waals surface area contributed by atoms with Crippen molar-refractivity contribution in [2.75, 3.05) is 19.0 Å². The summed E-state index contributed by atoms with van der Waals surface area (Å²) in [7, 11) is 1.64. The summed E-state index contributed by atoms with van der Waals surface area (Å²) in [5, 5.41) is 6.69. The van der Waals surface area contributed by atoms with Gasteiger partial charge in [0.2, 0.25) is 0 Å². The number of carbonyl (C=O) groups is 1. The van der Waals surface area contributed by atoms with Crippen LogP contribution in [-0.4, -0.2) is 24.8 Å². The standard InChI is InChI=1S/C18H20N2O3S/c1-3-23-17(21)13-8-10-15(11-9-13)20-18(24)19-12-14-6-4-5-7-16(14)22-2/h4-11H,3,12H2,1-2H3,(H2,19,20,24). The number of thiocarbonyl (C=S) groups is 1. The molecule has 0 aliphatic rings. The molecule has 0 aliphatic heterocycles. The Morgan fingerprint density at radius 3 is 2.50 bits per heavy atom. The van der Waals surface area contributed by atoms with Crippen molar-refractivity contribution in [1.29, 1.82) is 0 Å². The van der Waals surface area contributed by atoms with Crippen molar-refractivity contribution in [1.82, 2.24) is 5.32 Å². The number of esters is 1. The minimum Gasteiger partial charge on any atom is -0.496 e. The topological polar surface area (TPSA) is 59.6 Å². The molecule has 0 heterocycles. The molecule has 2 rings (SSSR count). The van der Waals surface area contributed by atoms with Crippen LogP contribution in [0.5, 0.6) is 5.75 Å². The molecule has 126 valence electrons. The lowest BCUT2D eigenvalue weighted by Gasteiger charge is -2.13. The molecular weight excluding hydrogens is 324 g/mol. The van der Waals surface area contributed by atoms with E-state index in [1.807, 2.05) is 24.3 Å². The van der Waals surface area contributed by atoms with E-state index in [2.05, 4.69) is 10.6 Å². The van der Waals surface area contributed by atoms with Crippen LogP contribution in [0, 0.1) is 0 Å². The van der Waals surface area contributed by atoms with E-state index in [1.165, 1.54) is 0 Å². The van der Waals surface area contributed by atoms with Crippen molar-refractivity contribution in [3.8, 4) is 5.75 Å². The van der Waals surface area contributed by atoms with Gasteiger partial charge in [-0.05, 0) is 49.5 Å². The summed E-state index contributed by atoms with van der Waals surface area (Å²) in [5.74, 6) is 0.479. The molecule has 24 heavy (non-hydrogen) atoms. The fourth-order valence-electron chi connectivity index (χ4n) is 2.10. The molecule has 0 atom stereocenters. The number of carbonyl (C=O) groups excluding carboxylic acids is 1. The molecule has 0 amide bonds. The maximum absolute atomic E-state index is 11.6. The molecule has 0 saturated carbocycles. The number of para-hydroxylation sites is 1. The number of nitrogens with one attached hydrogen (secondary N) is 2. The van der Waals surface area contributed by atoms with E-state index in [9.17, 15) is 4.79 Å². The Morgan fingerprint density at radius 2 is 1.83 bits per heavy atom. The van der Waals surface area contributed by atoms with Crippen molar-refractivity contribution < 1.29 is 14.3 Å². The van der Waals surface area contributed by atoms with Crippen LogP contribution >= 0.6 is 12.2 Å². The van der Waals surface area contributed by atoms with E-state index in [4.69, 9.17) is 21.7 Å². The summed E-state index contributed by atoms with van der Waals surface area (Å²) in [5.41, 5.74) is 2.32. The predicted molar refractivity (Wildman–Crippen MR) is 98.5 cm³/mol. The Hall–Kier alpha value is -2.60. The van der Waals surface area contributed by atoms with Gasteiger partial charge in [-0.1, -0.05) is 18.2 Å². The van der Waals surface area contributed by atoms with Crippen LogP contribution in [0.25, 0.3) is 0 Å². The van der Waals surface area contributed by atoms with E-state index >= 15 is 0 Å². The average molecular weight is 344 g/mol. The van der Waals surface area contributed by atoms with Gasteiger partial charge in [0.25, 0.3) is 0 Å². The van der Waals surface area contributed by atoms with Crippen LogP contribution in [0.15, 0.2) is 48.5 Å². The van der Waals surface area contributed by atoms with E-state index < -0.39 is 0 Å². The molecule has 0 spiro atoms. The second kappa shape index (κ2) is 8.88. The Labute approximate surface area is 147 Å². The van der Waals surface area contributed by atoms with Crippen LogP contribution in [0.4, 0.5) is 5.69 Å². The first-order valence-electron chi connectivity index (χ1n) is 7.58. The van der Waals surface area contributed by atoms with Crippen LogP contribution < -0.4 is 15.4 Å². The van der Waals surface area contributed by atoms with Gasteiger partial charge < -0.3 is 20.1 Å². The van der Waals surface area contributed by atoms with Gasteiger partial charge in [0.05, 0.1) is 19.3 Å². The number of hydrogen-bond acceptors (Lipinski definition) is 4. The van der Waals surface area contributed by atoms with E-state index in [0.29, 0.717) is 23.8 Å². The predicted octanol–water partition coefficient (Wildman–Crippen LogP) is 3.36. The van der Waals surface area contributed by atoms with Crippen LogP contribution in [0.2, 0.25) is 0 Å². The number of methoxy groups -OCH3 is 1. The normalized spacial score (nSPS) is 9.92. The van der Waals surface area contributed by atoms with Gasteiger partial charge in [-0.25, -0.2) is 4.79 Å². The quantitative estimate of drug-likeness (QED) is 0.619. The molecule has 0 aliphatic carbocycles. The molecule has 0 unspecified atom stereocenters. The van der Waals surface area contributed by atoms with Crippen molar-refractivity contribution in [2.45, 2.75) is 13.5 Å². The van der Waals surface area contributed by atoms with Crippen LogP contribution in [0.1, 0.15) is 22.8 Å². The molecule has 0 aromatic heterocycles. The molecule has 2 aromatic rings. The lowest BCUT2D eigenvalue weighted by atomic mass is 10.2. The number of anilines is 1. The molecule has 0 radical (unpaired) electrons. The molecular formula is C18H20N2O3S. The van der Waals surface area contributed by atoms with Gasteiger partial charge in [-0.15, -0.1) is 0 Å². The van der Waals surface area contributed by atoms with Crippen LogP contribution in [0.3, 0.4) is 0 Å². The Bertz CT molecular complexity index is 702. The molecule has 0 bridgehead atoms. The fourth-order valence-corrected chi connectivity index (χ4v) is 2.29. The minimum absolute atomic E-state index is 0.332. The third-order valence-corrected chi connectivity index (χ3v) is 3.53. The highest BCUT2D eigenvalue weighted by Crippen LogP contribution is 2.17. The third kappa shape index (κ3) is 4.96. The van der Waals surface area contributed by atoms with Gasteiger partial charge in [0.1, 0.15) is 5.75 Å². The molecule has 6 heteroatoms. The highest BCUT2D eigenvalue weighted by Gasteiger charge is 2.06. The highest BCUT2D eigenvalue weighted by molar-refractivity contribution is 7.80. The second-order valence-electron chi connectivity index (χ2n) is 4.92. The first kappa shape index (κ1) is 17.7. The SMILES string of the molecule is CCOC(=O)c1ccc(NC(=S)NCc2ccccc2OC)cc1. The monoisotopic (exact) mass is 344 g/mol. The number of ether oxygens (including phenoxy) is 2. The van der Waals surface area contributed by atoms with Gasteiger partial charge >= 0.3 is 5.97 Å². The van der Waals surface area contributed by atoms with Gasteiger partial charge in [0, 0.05) is 17.8 Å². The Balaban J connectivity index is 1.89. The first-order chi connectivity index (χ1) is 11.6. The average Bonchev–Trinajstić information content (AvgIpc) is 2.61. The molecule has 2 N–H and O–H groups in total. The van der Waals surface area contributed by atoms with Crippen molar-refractivity contribution in [3.05, 3.63) is 59.7 Å². The summed E-state index contributed by atoms with van der Waals surface area (Å²) >= 11 is 5.29. The third-order valence-electron chi connectivity index (χ3n) is 3.29. The van der Waals surface area contributed by atoms with Crippen LogP contribution in [-0.2, 0) is 11.3 Å². The smallest absolute Gasteiger partial charge is 0.338 e. The number of hydrogen-bond donors (Lipinski definition) is 2. The van der Waals surface area contributed by atoms with E-state index in [0.717, 1.165) is 17.0 Å². The molecule has 0 fully saturated rings. The first-order valence-corrected chi connectivity index (χ1v) is 7.98. The highest BCUT2D eigenvalue weighted by atomic mass is 32.1. The maximum atomic E-state index is 11.6. The van der Waals surface area contributed by atoms with E-state index in [1.54, 1.807) is 38.3 Å². The summed E-state index contributed by atoms with van der Waals surface area (Å²) in [6.45, 7) is 2.69. The summed E-state index contributed by atoms with van der Waals surface area (Å²) in [6.07, 6.45) is 0. The van der Waals surface area contributed by atoms with Gasteiger partial charge in [-0.2, -0.15) is 0 Å². The summed E-state index contributed by atoms with van der Waals surface area (Å²) in [6, 6.07) is 14.7. The zero-order valence-corrected chi connectivity index (χ0v) is 14.5. The summed E-state index contributed by atoms with van der Waals surface area (Å²) < 4.78 is 10.3. The van der Waals surface area contributed by atoms with E-state index in [-0.39, 0.29) is 5.97 Å². The maximum Gasteiger partial charge on any atom is 0.338 e. The number of rotatable bonds is 6. The van der Waals surface area contributed by atoms with Crippen molar-refractivity contribution in [2.24, 2.45) is 0 Å². The zero-order chi connectivity index (χ0) is 17.4. The fraction of sp³-hybridized carbons (Fsp3) is 0.222. The van der Waals surface area contributed by atoms with Crippen molar-refractivity contribution >= 4 is 29.0 Å². The summed E-state index contributed by atoms with van der Waals surface area (Å²) in [4.78, 5) is 11.6. The number of benzene rings is 2. The molecule has 5 nitrogen and oxygen atoms in total. The lowest BCUT2D eigenvalue weighted by molar-refractivity contribution is 0.0526. The Kier molecular flexibility index (Phi) is 6.57.